The lowest BCUT2D eigenvalue weighted by molar-refractivity contribution is 0.0906. The van der Waals surface area contributed by atoms with Gasteiger partial charge in [-0.05, 0) is 56.9 Å². The van der Waals surface area contributed by atoms with Crippen molar-refractivity contribution in [3.05, 3.63) is 23.8 Å². The summed E-state index contributed by atoms with van der Waals surface area (Å²) in [6.07, 6.45) is 3.52. The first-order chi connectivity index (χ1) is 10.3. The van der Waals surface area contributed by atoms with Gasteiger partial charge in [0, 0.05) is 18.0 Å². The van der Waals surface area contributed by atoms with Gasteiger partial charge in [-0.15, -0.1) is 0 Å². The van der Waals surface area contributed by atoms with Gasteiger partial charge in [-0.25, -0.2) is 0 Å². The van der Waals surface area contributed by atoms with E-state index < -0.39 is 0 Å². The van der Waals surface area contributed by atoms with Crippen LogP contribution in [0.2, 0.25) is 0 Å². The molecule has 1 aromatic rings. The number of ether oxygens (including phenoxy) is 2. The molecule has 2 N–H and O–H groups in total. The van der Waals surface area contributed by atoms with Crippen LogP contribution in [0, 0.1) is 5.92 Å². The van der Waals surface area contributed by atoms with E-state index in [1.807, 2.05) is 6.07 Å². The third kappa shape index (κ3) is 3.01. The van der Waals surface area contributed by atoms with Crippen molar-refractivity contribution in [2.24, 2.45) is 11.7 Å². The van der Waals surface area contributed by atoms with Gasteiger partial charge in [0.2, 0.25) is 0 Å². The van der Waals surface area contributed by atoms with E-state index in [4.69, 9.17) is 15.2 Å². The highest BCUT2D eigenvalue weighted by Gasteiger charge is 2.37. The molecule has 0 spiro atoms. The van der Waals surface area contributed by atoms with Crippen LogP contribution in [-0.4, -0.2) is 44.8 Å². The molecule has 0 radical (unpaired) electrons. The van der Waals surface area contributed by atoms with Gasteiger partial charge < -0.3 is 20.1 Å². The maximum Gasteiger partial charge on any atom is 0.126 e. The fourth-order valence-corrected chi connectivity index (χ4v) is 3.73. The predicted octanol–water partition coefficient (Wildman–Crippen LogP) is 2.23. The third-order valence-electron chi connectivity index (χ3n) is 4.82. The zero-order valence-corrected chi connectivity index (χ0v) is 12.9. The van der Waals surface area contributed by atoms with Crippen molar-refractivity contribution in [3.63, 3.8) is 0 Å². The molecule has 2 aliphatic heterocycles. The molecule has 4 heteroatoms. The molecule has 0 unspecified atom stereocenters. The zero-order valence-electron chi connectivity index (χ0n) is 12.9. The van der Waals surface area contributed by atoms with E-state index in [9.17, 15) is 0 Å². The molecule has 21 heavy (non-hydrogen) atoms. The summed E-state index contributed by atoms with van der Waals surface area (Å²) < 4.78 is 11.5. The molecule has 1 aromatic carbocycles. The Hall–Kier alpha value is -1.26. The SMILES string of the molecule is COc1cccc2c1[C@H]1CCN(CCCCN)C[C@@H]1CO2. The summed E-state index contributed by atoms with van der Waals surface area (Å²) in [5, 5.41) is 0. The molecule has 0 amide bonds. The lowest BCUT2D eigenvalue weighted by Gasteiger charge is -2.42. The van der Waals surface area contributed by atoms with Crippen molar-refractivity contribution in [3.8, 4) is 11.5 Å². The van der Waals surface area contributed by atoms with Crippen molar-refractivity contribution in [2.75, 3.05) is 39.9 Å². The van der Waals surface area contributed by atoms with Crippen LogP contribution < -0.4 is 15.2 Å². The Kier molecular flexibility index (Phi) is 4.66. The number of hydrogen-bond acceptors (Lipinski definition) is 4. The number of unbranched alkanes of at least 4 members (excludes halogenated alkanes) is 1. The van der Waals surface area contributed by atoms with E-state index in [2.05, 4.69) is 17.0 Å². The maximum atomic E-state index is 5.98. The van der Waals surface area contributed by atoms with Crippen LogP contribution in [0.5, 0.6) is 11.5 Å². The van der Waals surface area contributed by atoms with E-state index in [-0.39, 0.29) is 0 Å². The lowest BCUT2D eigenvalue weighted by atomic mass is 9.78. The first-order valence-corrected chi connectivity index (χ1v) is 8.05. The Labute approximate surface area is 127 Å². The predicted molar refractivity (Wildman–Crippen MR) is 84.1 cm³/mol. The number of benzene rings is 1. The largest absolute Gasteiger partial charge is 0.496 e. The minimum absolute atomic E-state index is 0.579. The Bertz CT molecular complexity index is 464. The molecule has 0 bridgehead atoms. The summed E-state index contributed by atoms with van der Waals surface area (Å²) in [5.41, 5.74) is 6.87. The molecule has 2 aliphatic rings. The number of fused-ring (bicyclic) bond motifs is 3. The summed E-state index contributed by atoms with van der Waals surface area (Å²) in [7, 11) is 1.75. The zero-order chi connectivity index (χ0) is 14.7. The highest BCUT2D eigenvalue weighted by atomic mass is 16.5. The lowest BCUT2D eigenvalue weighted by Crippen LogP contribution is -2.44. The second-order valence-corrected chi connectivity index (χ2v) is 6.13. The molecular formula is C17H26N2O2. The molecule has 1 saturated heterocycles. The van der Waals surface area contributed by atoms with Gasteiger partial charge in [-0.2, -0.15) is 0 Å². The van der Waals surface area contributed by atoms with Gasteiger partial charge in [0.1, 0.15) is 11.5 Å². The molecule has 0 aromatic heterocycles. The van der Waals surface area contributed by atoms with Gasteiger partial charge in [-0.1, -0.05) is 6.07 Å². The Morgan fingerprint density at radius 1 is 1.38 bits per heavy atom. The Morgan fingerprint density at radius 2 is 2.29 bits per heavy atom. The molecule has 1 fully saturated rings. The van der Waals surface area contributed by atoms with Crippen molar-refractivity contribution in [1.82, 2.24) is 4.90 Å². The standard InChI is InChI=1S/C17H26N2O2/c1-20-15-5-4-6-16-17(15)14-7-10-19(9-3-2-8-18)11-13(14)12-21-16/h4-6,13-14H,2-3,7-12,18H2,1H3/t13-,14+/m1/s1. The van der Waals surface area contributed by atoms with E-state index >= 15 is 0 Å². The molecule has 0 saturated carbocycles. The van der Waals surface area contributed by atoms with Crippen LogP contribution in [0.3, 0.4) is 0 Å². The highest BCUT2D eigenvalue weighted by molar-refractivity contribution is 5.49. The van der Waals surface area contributed by atoms with E-state index in [0.717, 1.165) is 37.6 Å². The minimum atomic E-state index is 0.579. The normalized spacial score (nSPS) is 24.9. The van der Waals surface area contributed by atoms with Crippen molar-refractivity contribution in [2.45, 2.75) is 25.2 Å². The number of likely N-dealkylation sites (tertiary alicyclic amines) is 1. The number of methoxy groups -OCH3 is 1. The second-order valence-electron chi connectivity index (χ2n) is 6.13. The van der Waals surface area contributed by atoms with Crippen LogP contribution >= 0.6 is 0 Å². The topological polar surface area (TPSA) is 47.7 Å². The van der Waals surface area contributed by atoms with Crippen LogP contribution in [0.1, 0.15) is 30.7 Å². The average Bonchev–Trinajstić information content (AvgIpc) is 2.54. The van der Waals surface area contributed by atoms with E-state index in [1.54, 1.807) is 7.11 Å². The van der Waals surface area contributed by atoms with Gasteiger partial charge in [0.15, 0.2) is 0 Å². The van der Waals surface area contributed by atoms with Crippen LogP contribution in [0.15, 0.2) is 18.2 Å². The maximum absolute atomic E-state index is 5.98. The van der Waals surface area contributed by atoms with Crippen molar-refractivity contribution in [1.29, 1.82) is 0 Å². The Balaban J connectivity index is 1.71. The van der Waals surface area contributed by atoms with Crippen LogP contribution in [0.25, 0.3) is 0 Å². The molecule has 2 atom stereocenters. The second kappa shape index (κ2) is 6.67. The minimum Gasteiger partial charge on any atom is -0.496 e. The summed E-state index contributed by atoms with van der Waals surface area (Å²) >= 11 is 0. The quantitative estimate of drug-likeness (QED) is 0.845. The first kappa shape index (κ1) is 14.7. The van der Waals surface area contributed by atoms with Gasteiger partial charge in [0.25, 0.3) is 0 Å². The summed E-state index contributed by atoms with van der Waals surface area (Å²) in [6.45, 7) is 5.10. The van der Waals surface area contributed by atoms with Crippen molar-refractivity contribution >= 4 is 0 Å². The fraction of sp³-hybridized carbons (Fsp3) is 0.647. The molecular weight excluding hydrogens is 264 g/mol. The molecule has 2 heterocycles. The monoisotopic (exact) mass is 290 g/mol. The molecule has 0 aliphatic carbocycles. The van der Waals surface area contributed by atoms with E-state index in [0.29, 0.717) is 11.8 Å². The number of nitrogens with zero attached hydrogens (tertiary/aromatic N) is 1. The van der Waals surface area contributed by atoms with E-state index in [1.165, 1.54) is 31.5 Å². The fourth-order valence-electron chi connectivity index (χ4n) is 3.73. The van der Waals surface area contributed by atoms with Gasteiger partial charge in [-0.3, -0.25) is 0 Å². The van der Waals surface area contributed by atoms with Crippen LogP contribution in [-0.2, 0) is 0 Å². The van der Waals surface area contributed by atoms with Crippen LogP contribution in [0.4, 0.5) is 0 Å². The summed E-state index contributed by atoms with van der Waals surface area (Å²) in [4.78, 5) is 2.57. The van der Waals surface area contributed by atoms with Crippen molar-refractivity contribution < 1.29 is 9.47 Å². The summed E-state index contributed by atoms with van der Waals surface area (Å²) in [6, 6.07) is 6.14. The number of nitrogens with two attached hydrogens (primary N) is 1. The van der Waals surface area contributed by atoms with Gasteiger partial charge >= 0.3 is 0 Å². The highest BCUT2D eigenvalue weighted by Crippen LogP contribution is 2.46. The Morgan fingerprint density at radius 3 is 3.10 bits per heavy atom. The number of hydrogen-bond donors (Lipinski definition) is 1. The third-order valence-corrected chi connectivity index (χ3v) is 4.82. The molecule has 116 valence electrons. The molecule has 4 nitrogen and oxygen atoms in total. The smallest absolute Gasteiger partial charge is 0.126 e. The summed E-state index contributed by atoms with van der Waals surface area (Å²) in [5.74, 6) is 3.17. The number of rotatable bonds is 5. The van der Waals surface area contributed by atoms with Gasteiger partial charge in [0.05, 0.1) is 13.7 Å². The number of piperidine rings is 1. The first-order valence-electron chi connectivity index (χ1n) is 8.05. The average molecular weight is 290 g/mol. The molecule has 3 rings (SSSR count).